The number of hydrogen-bond donors (Lipinski definition) is 1. The Balaban J connectivity index is 1.83. The number of aromatic nitrogens is 1. The lowest BCUT2D eigenvalue weighted by molar-refractivity contribution is -0.121. The van der Waals surface area contributed by atoms with Gasteiger partial charge >= 0.3 is 0 Å². The maximum atomic E-state index is 11.8. The molecule has 6 heteroatoms. The molecular formula is C16H19ClN2O2S. The Morgan fingerprint density at radius 1 is 1.41 bits per heavy atom. The summed E-state index contributed by atoms with van der Waals surface area (Å²) in [6.45, 7) is 4.42. The number of hydrogen-bond acceptors (Lipinski definition) is 4. The van der Waals surface area contributed by atoms with E-state index in [0.717, 1.165) is 22.9 Å². The summed E-state index contributed by atoms with van der Waals surface area (Å²) in [4.78, 5) is 16.2. The largest absolute Gasteiger partial charge is 0.486 e. The quantitative estimate of drug-likeness (QED) is 0.834. The molecule has 0 saturated heterocycles. The van der Waals surface area contributed by atoms with Crippen LogP contribution < -0.4 is 10.1 Å². The zero-order chi connectivity index (χ0) is 15.9. The first-order chi connectivity index (χ1) is 10.6. The van der Waals surface area contributed by atoms with Crippen molar-refractivity contribution in [3.05, 3.63) is 45.4 Å². The minimum atomic E-state index is 0.00446. The molecule has 0 spiro atoms. The molecule has 1 aromatic heterocycles. The third-order valence-corrected chi connectivity index (χ3v) is 4.26. The average Bonchev–Trinajstić information content (AvgIpc) is 2.93. The summed E-state index contributed by atoms with van der Waals surface area (Å²) in [5.74, 6) is 0.750. The lowest BCUT2D eigenvalue weighted by atomic mass is 10.2. The van der Waals surface area contributed by atoms with Crippen molar-refractivity contribution in [1.82, 2.24) is 10.3 Å². The van der Waals surface area contributed by atoms with Crippen molar-refractivity contribution in [2.45, 2.75) is 39.3 Å². The van der Waals surface area contributed by atoms with E-state index in [1.165, 1.54) is 11.3 Å². The standard InChI is InChI=1S/C16H19ClN2O2S/c1-3-11(2)18-15(20)8-13-10-22-16(19-13)9-21-14-6-4-12(17)5-7-14/h4-7,10-11H,3,8-9H2,1-2H3,(H,18,20). The Hall–Kier alpha value is -1.59. The second-order valence-electron chi connectivity index (χ2n) is 5.03. The maximum absolute atomic E-state index is 11.8. The minimum absolute atomic E-state index is 0.00446. The minimum Gasteiger partial charge on any atom is -0.486 e. The Morgan fingerprint density at radius 2 is 2.14 bits per heavy atom. The molecule has 0 saturated carbocycles. The van der Waals surface area contributed by atoms with Crippen LogP contribution in [0.25, 0.3) is 0 Å². The summed E-state index contributed by atoms with van der Waals surface area (Å²) < 4.78 is 5.64. The summed E-state index contributed by atoms with van der Waals surface area (Å²) in [5.41, 5.74) is 0.778. The van der Waals surface area contributed by atoms with E-state index in [0.29, 0.717) is 18.1 Å². The van der Waals surface area contributed by atoms with Crippen LogP contribution in [-0.2, 0) is 17.8 Å². The van der Waals surface area contributed by atoms with E-state index in [1.54, 1.807) is 12.1 Å². The number of carbonyl (C=O) groups is 1. The molecule has 0 aliphatic rings. The summed E-state index contributed by atoms with van der Waals surface area (Å²) in [5, 5.41) is 6.36. The molecule has 1 aromatic carbocycles. The lowest BCUT2D eigenvalue weighted by Crippen LogP contribution is -2.33. The number of nitrogens with one attached hydrogen (secondary N) is 1. The highest BCUT2D eigenvalue weighted by Gasteiger charge is 2.10. The predicted molar refractivity (Wildman–Crippen MR) is 89.5 cm³/mol. The Labute approximate surface area is 139 Å². The number of benzene rings is 1. The van der Waals surface area contributed by atoms with Gasteiger partial charge in [-0.05, 0) is 37.6 Å². The molecule has 2 rings (SSSR count). The molecule has 4 nitrogen and oxygen atoms in total. The van der Waals surface area contributed by atoms with Crippen molar-refractivity contribution in [2.75, 3.05) is 0 Å². The molecule has 0 aliphatic heterocycles. The fourth-order valence-electron chi connectivity index (χ4n) is 1.76. The third-order valence-electron chi connectivity index (χ3n) is 3.14. The number of amides is 1. The van der Waals surface area contributed by atoms with Gasteiger partial charge in [-0.2, -0.15) is 0 Å². The molecule has 1 atom stereocenters. The van der Waals surface area contributed by atoms with Crippen LogP contribution in [0.3, 0.4) is 0 Å². The molecule has 1 amide bonds. The number of thiazole rings is 1. The third kappa shape index (κ3) is 5.31. The SMILES string of the molecule is CCC(C)NC(=O)Cc1csc(COc2ccc(Cl)cc2)n1. The average molecular weight is 339 g/mol. The summed E-state index contributed by atoms with van der Waals surface area (Å²) in [7, 11) is 0. The van der Waals surface area contributed by atoms with Gasteiger partial charge in [0.1, 0.15) is 17.4 Å². The van der Waals surface area contributed by atoms with Crippen LogP contribution in [0.4, 0.5) is 0 Å². The highest BCUT2D eigenvalue weighted by molar-refractivity contribution is 7.09. The fraction of sp³-hybridized carbons (Fsp3) is 0.375. The number of nitrogens with zero attached hydrogens (tertiary/aromatic N) is 1. The van der Waals surface area contributed by atoms with Crippen LogP contribution in [0, 0.1) is 0 Å². The molecule has 1 N–H and O–H groups in total. The maximum Gasteiger partial charge on any atom is 0.226 e. The number of halogens is 1. The van der Waals surface area contributed by atoms with Gasteiger partial charge in [0.25, 0.3) is 0 Å². The van der Waals surface area contributed by atoms with Gasteiger partial charge < -0.3 is 10.1 Å². The van der Waals surface area contributed by atoms with Gasteiger partial charge in [0.15, 0.2) is 0 Å². The topological polar surface area (TPSA) is 51.2 Å². The summed E-state index contributed by atoms with van der Waals surface area (Å²) in [6.07, 6.45) is 1.23. The van der Waals surface area contributed by atoms with Gasteiger partial charge in [0.2, 0.25) is 5.91 Å². The van der Waals surface area contributed by atoms with E-state index < -0.39 is 0 Å². The zero-order valence-corrected chi connectivity index (χ0v) is 14.2. The van der Waals surface area contributed by atoms with Crippen LogP contribution in [0.5, 0.6) is 5.75 Å². The Bertz CT molecular complexity index is 613. The van der Waals surface area contributed by atoms with Crippen molar-refractivity contribution in [3.63, 3.8) is 0 Å². The van der Waals surface area contributed by atoms with E-state index in [4.69, 9.17) is 16.3 Å². The molecule has 0 fully saturated rings. The predicted octanol–water partition coefficient (Wildman–Crippen LogP) is 3.83. The second kappa shape index (κ2) is 8.15. The molecule has 0 bridgehead atoms. The van der Waals surface area contributed by atoms with Gasteiger partial charge in [0, 0.05) is 16.4 Å². The second-order valence-corrected chi connectivity index (χ2v) is 6.41. The Kier molecular flexibility index (Phi) is 6.21. The highest BCUT2D eigenvalue weighted by atomic mass is 35.5. The van der Waals surface area contributed by atoms with E-state index in [2.05, 4.69) is 10.3 Å². The van der Waals surface area contributed by atoms with Crippen molar-refractivity contribution in [3.8, 4) is 5.75 Å². The molecule has 0 radical (unpaired) electrons. The van der Waals surface area contributed by atoms with E-state index >= 15 is 0 Å². The first kappa shape index (κ1) is 16.8. The van der Waals surface area contributed by atoms with Crippen molar-refractivity contribution in [1.29, 1.82) is 0 Å². The van der Waals surface area contributed by atoms with Gasteiger partial charge in [-0.1, -0.05) is 18.5 Å². The van der Waals surface area contributed by atoms with Crippen molar-refractivity contribution >= 4 is 28.8 Å². The van der Waals surface area contributed by atoms with Crippen LogP contribution in [0.15, 0.2) is 29.6 Å². The molecule has 1 unspecified atom stereocenters. The molecule has 118 valence electrons. The number of ether oxygens (including phenoxy) is 1. The lowest BCUT2D eigenvalue weighted by Gasteiger charge is -2.10. The van der Waals surface area contributed by atoms with Gasteiger partial charge in [-0.15, -0.1) is 11.3 Å². The van der Waals surface area contributed by atoms with Crippen LogP contribution >= 0.6 is 22.9 Å². The van der Waals surface area contributed by atoms with E-state index in [-0.39, 0.29) is 11.9 Å². The number of rotatable bonds is 7. The fourth-order valence-corrected chi connectivity index (χ4v) is 2.60. The molecular weight excluding hydrogens is 320 g/mol. The molecule has 22 heavy (non-hydrogen) atoms. The normalized spacial score (nSPS) is 12.0. The summed E-state index contributed by atoms with van der Waals surface area (Å²) in [6, 6.07) is 7.39. The monoisotopic (exact) mass is 338 g/mol. The molecule has 2 aromatic rings. The first-order valence-electron chi connectivity index (χ1n) is 7.18. The molecule has 0 aliphatic carbocycles. The number of carbonyl (C=O) groups excluding carboxylic acids is 1. The van der Waals surface area contributed by atoms with Gasteiger partial charge in [-0.3, -0.25) is 4.79 Å². The smallest absolute Gasteiger partial charge is 0.226 e. The zero-order valence-electron chi connectivity index (χ0n) is 12.6. The van der Waals surface area contributed by atoms with Gasteiger partial charge in [0.05, 0.1) is 12.1 Å². The summed E-state index contributed by atoms with van der Waals surface area (Å²) >= 11 is 7.32. The highest BCUT2D eigenvalue weighted by Crippen LogP contribution is 2.18. The van der Waals surface area contributed by atoms with Crippen LogP contribution in [-0.4, -0.2) is 16.9 Å². The molecule has 1 heterocycles. The van der Waals surface area contributed by atoms with Crippen molar-refractivity contribution in [2.24, 2.45) is 0 Å². The van der Waals surface area contributed by atoms with Gasteiger partial charge in [-0.25, -0.2) is 4.98 Å². The first-order valence-corrected chi connectivity index (χ1v) is 8.43. The van der Waals surface area contributed by atoms with Crippen molar-refractivity contribution < 1.29 is 9.53 Å². The van der Waals surface area contributed by atoms with E-state index in [9.17, 15) is 4.79 Å². The van der Waals surface area contributed by atoms with Crippen LogP contribution in [0.1, 0.15) is 31.0 Å². The van der Waals surface area contributed by atoms with Crippen LogP contribution in [0.2, 0.25) is 5.02 Å². The van der Waals surface area contributed by atoms with E-state index in [1.807, 2.05) is 31.4 Å². The Morgan fingerprint density at radius 3 is 2.82 bits per heavy atom.